The van der Waals surface area contributed by atoms with Gasteiger partial charge >= 0.3 is 0 Å². The van der Waals surface area contributed by atoms with Gasteiger partial charge in [0.2, 0.25) is 5.69 Å². The Morgan fingerprint density at radius 3 is 1.33 bits per heavy atom. The summed E-state index contributed by atoms with van der Waals surface area (Å²) in [6.07, 6.45) is 0. The van der Waals surface area contributed by atoms with Gasteiger partial charge in [-0.05, 0) is 108 Å². The Hall–Kier alpha value is -6.88. The van der Waals surface area contributed by atoms with E-state index in [1.165, 1.54) is 44.5 Å². The highest BCUT2D eigenvalue weighted by atomic mass is 15.0. The number of nitriles is 1. The fraction of sp³-hybridized carbons (Fsp3) is 0.254. The summed E-state index contributed by atoms with van der Waals surface area (Å²) in [4.78, 5) is 4.51. The normalized spacial score (nSPS) is 17.7. The summed E-state index contributed by atoms with van der Waals surface area (Å²) >= 11 is 0. The summed E-state index contributed by atoms with van der Waals surface area (Å²) in [5, 5.41) is 16.4. The van der Waals surface area contributed by atoms with Crippen molar-refractivity contribution in [1.82, 2.24) is 9.13 Å². The van der Waals surface area contributed by atoms with Gasteiger partial charge in [0.1, 0.15) is 0 Å². The van der Waals surface area contributed by atoms with E-state index in [0.29, 0.717) is 11.3 Å². The predicted molar refractivity (Wildman–Crippen MR) is 261 cm³/mol. The molecule has 0 saturated heterocycles. The van der Waals surface area contributed by atoms with Crippen molar-refractivity contribution in [3.05, 3.63) is 172 Å². The number of rotatable bonds is 2. The number of hydrogen-bond acceptors (Lipinski definition) is 1. The minimum Gasteiger partial charge on any atom is -0.319 e. The fourth-order valence-electron chi connectivity index (χ4n) is 12.8. The third-order valence-corrected chi connectivity index (χ3v) is 17.2. The Kier molecular flexibility index (Phi) is 7.07. The molecule has 0 N–H and O–H groups in total. The first-order chi connectivity index (χ1) is 30.0. The zero-order chi connectivity index (χ0) is 43.9. The van der Waals surface area contributed by atoms with Crippen LogP contribution in [-0.2, 0) is 21.7 Å². The summed E-state index contributed by atoms with van der Waals surface area (Å²) in [6, 6.07) is 47.2. The van der Waals surface area contributed by atoms with Crippen LogP contribution in [0.5, 0.6) is 0 Å². The second-order valence-corrected chi connectivity index (χ2v) is 21.1. The van der Waals surface area contributed by atoms with E-state index in [2.05, 4.69) is 211 Å². The smallest absolute Gasteiger partial charge is 0.230 e. The van der Waals surface area contributed by atoms with Crippen molar-refractivity contribution in [1.29, 1.82) is 5.26 Å². The number of nitrogens with zero attached hydrogens (tertiary/aromatic N) is 4. The van der Waals surface area contributed by atoms with Gasteiger partial charge in [-0.15, -0.1) is 0 Å². The van der Waals surface area contributed by atoms with E-state index in [0.717, 1.165) is 66.1 Å². The van der Waals surface area contributed by atoms with Gasteiger partial charge in [0.15, 0.2) is 0 Å². The highest BCUT2D eigenvalue weighted by Gasteiger charge is 2.60. The van der Waals surface area contributed by atoms with E-state index in [4.69, 9.17) is 0 Å². The van der Waals surface area contributed by atoms with Crippen molar-refractivity contribution in [2.45, 2.75) is 90.9 Å². The predicted octanol–water partition coefficient (Wildman–Crippen LogP) is 15.5. The van der Waals surface area contributed by atoms with E-state index < -0.39 is 10.8 Å². The summed E-state index contributed by atoms with van der Waals surface area (Å²) in [6.45, 7) is 32.8. The number of fused-ring (bicyclic) bond motifs is 13. The van der Waals surface area contributed by atoms with Gasteiger partial charge in [-0.25, -0.2) is 4.85 Å². The van der Waals surface area contributed by atoms with Gasteiger partial charge < -0.3 is 9.13 Å². The molecule has 306 valence electrons. The monoisotopic (exact) mass is 814 g/mol. The second-order valence-electron chi connectivity index (χ2n) is 21.1. The fourth-order valence-corrected chi connectivity index (χ4v) is 12.8. The highest BCUT2D eigenvalue weighted by molar-refractivity contribution is 6.14. The molecular weight excluding hydrogens is 765 g/mol. The summed E-state index contributed by atoms with van der Waals surface area (Å²) < 4.78 is 4.73. The first kappa shape index (κ1) is 37.8. The van der Waals surface area contributed by atoms with Gasteiger partial charge in [0.05, 0.1) is 51.6 Å². The molecule has 0 saturated carbocycles. The molecule has 2 heterocycles. The van der Waals surface area contributed by atoms with Crippen LogP contribution in [0.15, 0.2) is 121 Å². The largest absolute Gasteiger partial charge is 0.319 e. The van der Waals surface area contributed by atoms with Gasteiger partial charge in [0.25, 0.3) is 0 Å². The SMILES string of the molecule is [C-]#[N+]c1c(C#N)c(-n2c3ccccc3c3cc4c(cc32)-c2ccccc2C4(C)C)c2c(c1-n1c3ccccc3c3cc4c(cc31)-c1ccccc1C4(C)C)C(C)(C)C(C)(C)C2(C)C. The van der Waals surface area contributed by atoms with Crippen LogP contribution in [0, 0.1) is 23.3 Å². The molecule has 0 aliphatic heterocycles. The van der Waals surface area contributed by atoms with Crippen molar-refractivity contribution < 1.29 is 0 Å². The lowest BCUT2D eigenvalue weighted by Gasteiger charge is -2.45. The molecule has 12 rings (SSSR count). The maximum Gasteiger partial charge on any atom is 0.230 e. The molecule has 2 aromatic heterocycles. The molecule has 9 aromatic rings. The van der Waals surface area contributed by atoms with Crippen molar-refractivity contribution in [3.8, 4) is 39.7 Å². The van der Waals surface area contributed by atoms with Gasteiger partial charge in [0, 0.05) is 32.4 Å². The van der Waals surface area contributed by atoms with Gasteiger partial charge in [-0.3, -0.25) is 0 Å². The number of hydrogen-bond donors (Lipinski definition) is 0. The lowest BCUT2D eigenvalue weighted by molar-refractivity contribution is 0.125. The molecule has 0 unspecified atom stereocenters. The maximum atomic E-state index is 11.8. The Morgan fingerprint density at radius 2 is 0.873 bits per heavy atom. The van der Waals surface area contributed by atoms with Crippen LogP contribution in [0.2, 0.25) is 0 Å². The van der Waals surface area contributed by atoms with E-state index in [-0.39, 0.29) is 16.2 Å². The van der Waals surface area contributed by atoms with Crippen molar-refractivity contribution in [2.75, 3.05) is 0 Å². The Morgan fingerprint density at radius 1 is 0.460 bits per heavy atom. The number of benzene rings is 7. The van der Waals surface area contributed by atoms with E-state index >= 15 is 0 Å². The molecule has 0 radical (unpaired) electrons. The maximum absolute atomic E-state index is 11.8. The van der Waals surface area contributed by atoms with Crippen LogP contribution >= 0.6 is 0 Å². The number of para-hydroxylation sites is 2. The zero-order valence-corrected chi connectivity index (χ0v) is 37.8. The van der Waals surface area contributed by atoms with Crippen molar-refractivity contribution in [2.24, 2.45) is 5.41 Å². The molecule has 0 amide bonds. The van der Waals surface area contributed by atoms with E-state index in [1.807, 2.05) is 0 Å². The van der Waals surface area contributed by atoms with E-state index in [1.54, 1.807) is 0 Å². The van der Waals surface area contributed by atoms with Crippen LogP contribution in [0.25, 0.3) is 82.1 Å². The average Bonchev–Trinajstić information content (AvgIpc) is 3.94. The van der Waals surface area contributed by atoms with Crippen LogP contribution in [-0.4, -0.2) is 9.13 Å². The lowest BCUT2D eigenvalue weighted by Crippen LogP contribution is -2.42. The third-order valence-electron chi connectivity index (χ3n) is 17.2. The summed E-state index contributed by atoms with van der Waals surface area (Å²) in [5.41, 5.74) is 17.7. The van der Waals surface area contributed by atoms with Crippen molar-refractivity contribution >= 4 is 49.3 Å². The second kappa shape index (κ2) is 11.8. The van der Waals surface area contributed by atoms with Gasteiger partial charge in [-0.2, -0.15) is 5.26 Å². The molecular formula is C59H50N4. The minimum atomic E-state index is -0.436. The molecule has 4 heteroatoms. The van der Waals surface area contributed by atoms with E-state index in [9.17, 15) is 11.8 Å². The molecule has 63 heavy (non-hydrogen) atoms. The van der Waals surface area contributed by atoms with Crippen LogP contribution < -0.4 is 0 Å². The molecule has 4 nitrogen and oxygen atoms in total. The summed E-state index contributed by atoms with van der Waals surface area (Å²) in [5.74, 6) is 0. The first-order valence-corrected chi connectivity index (χ1v) is 22.4. The van der Waals surface area contributed by atoms with Gasteiger partial charge in [-0.1, -0.05) is 154 Å². The molecule has 0 spiro atoms. The van der Waals surface area contributed by atoms with Crippen LogP contribution in [0.1, 0.15) is 108 Å². The van der Waals surface area contributed by atoms with Crippen LogP contribution in [0.3, 0.4) is 0 Å². The summed E-state index contributed by atoms with van der Waals surface area (Å²) in [7, 11) is 0. The Balaban J connectivity index is 1.28. The van der Waals surface area contributed by atoms with Crippen molar-refractivity contribution in [3.63, 3.8) is 0 Å². The Labute approximate surface area is 369 Å². The quantitative estimate of drug-likeness (QED) is 0.160. The Bertz CT molecular complexity index is 3430. The standard InChI is InChI=1S/C59H50N4/c1-55(2)42-24-16-12-20-33(42)37-30-48-39(28-44(37)55)35-22-14-18-26-46(35)62(48)53-41(32-60)52(61-11)54(51-50(53)57(5,6)59(9,10)58(51,7)8)63-47-27-19-15-23-36(47)40-29-45-38(31-49(40)63)34-21-13-17-25-43(34)56(45,3)4/h12-31H,1-10H3. The molecule has 3 aliphatic rings. The lowest BCUT2D eigenvalue weighted by atomic mass is 9.59. The topological polar surface area (TPSA) is 38.0 Å². The molecule has 0 bridgehead atoms. The third kappa shape index (κ3) is 4.26. The highest BCUT2D eigenvalue weighted by Crippen LogP contribution is 2.67. The minimum absolute atomic E-state index is 0.168. The van der Waals surface area contributed by atoms with Crippen LogP contribution in [0.4, 0.5) is 5.69 Å². The number of aromatic nitrogens is 2. The zero-order valence-electron chi connectivity index (χ0n) is 37.8. The molecule has 0 atom stereocenters. The molecule has 3 aliphatic carbocycles. The molecule has 7 aromatic carbocycles. The average molecular weight is 815 g/mol. The molecule has 0 fully saturated rings. The first-order valence-electron chi connectivity index (χ1n) is 22.4.